The quantitative estimate of drug-likeness (QED) is 0.896. The van der Waals surface area contributed by atoms with Crippen LogP contribution in [0.5, 0.6) is 11.6 Å². The predicted molar refractivity (Wildman–Crippen MR) is 96.9 cm³/mol. The van der Waals surface area contributed by atoms with Gasteiger partial charge in [0.1, 0.15) is 18.2 Å². The Morgan fingerprint density at radius 2 is 1.79 bits per heavy atom. The van der Waals surface area contributed by atoms with Crippen molar-refractivity contribution in [1.82, 2.24) is 14.9 Å². The Morgan fingerprint density at radius 3 is 2.50 bits per heavy atom. The summed E-state index contributed by atoms with van der Waals surface area (Å²) in [5.41, 5.74) is 1.75. The average molecular weight is 350 g/mol. The number of piperidine rings is 1. The Labute approximate surface area is 149 Å². The van der Waals surface area contributed by atoms with Crippen LogP contribution in [0.3, 0.4) is 0 Å². The van der Waals surface area contributed by atoms with E-state index in [0.717, 1.165) is 17.8 Å². The minimum Gasteiger partial charge on any atom is -0.508 e. The monoisotopic (exact) mass is 349 g/mol. The molecule has 2 aromatic rings. The number of aromatic hydroxyl groups is 1. The molecule has 6 heteroatoms. The molecule has 1 aromatic heterocycles. The smallest absolute Gasteiger partial charge is 0.217 e. The van der Waals surface area contributed by atoms with Crippen molar-refractivity contribution in [1.29, 1.82) is 0 Å². The predicted octanol–water partition coefficient (Wildman–Crippen LogP) is 3.44. The van der Waals surface area contributed by atoms with Crippen molar-refractivity contribution in [3.05, 3.63) is 36.2 Å². The maximum absolute atomic E-state index is 9.39. The lowest BCUT2D eigenvalue weighted by Crippen LogP contribution is -2.33. The van der Waals surface area contributed by atoms with Crippen LogP contribution in [-0.4, -0.2) is 46.2 Å². The SMILES string of the molecule is Cc1nc(OCCN2CCCCC2)cc(-c2ccc(O)cc2)n1.Cl. The minimum absolute atomic E-state index is 0. The largest absolute Gasteiger partial charge is 0.508 e. The van der Waals surface area contributed by atoms with Crippen molar-refractivity contribution in [2.45, 2.75) is 26.2 Å². The molecule has 0 spiro atoms. The highest BCUT2D eigenvalue weighted by Crippen LogP contribution is 2.23. The zero-order valence-electron chi connectivity index (χ0n) is 13.9. The number of phenols is 1. The third-order valence-corrected chi connectivity index (χ3v) is 4.08. The molecule has 3 rings (SSSR count). The van der Waals surface area contributed by atoms with Gasteiger partial charge >= 0.3 is 0 Å². The summed E-state index contributed by atoms with van der Waals surface area (Å²) in [5, 5.41) is 9.39. The molecule has 1 N–H and O–H groups in total. The van der Waals surface area contributed by atoms with Gasteiger partial charge in [0, 0.05) is 18.2 Å². The zero-order valence-corrected chi connectivity index (χ0v) is 14.8. The molecule has 0 unspecified atom stereocenters. The van der Waals surface area contributed by atoms with Gasteiger partial charge in [0.25, 0.3) is 0 Å². The third-order valence-electron chi connectivity index (χ3n) is 4.08. The Hall–Kier alpha value is -1.85. The molecule has 1 aromatic carbocycles. The molecule has 0 saturated carbocycles. The summed E-state index contributed by atoms with van der Waals surface area (Å²) >= 11 is 0. The van der Waals surface area contributed by atoms with Gasteiger partial charge in [0.2, 0.25) is 5.88 Å². The number of hydrogen-bond acceptors (Lipinski definition) is 5. The highest BCUT2D eigenvalue weighted by Gasteiger charge is 2.10. The summed E-state index contributed by atoms with van der Waals surface area (Å²) in [6.45, 7) is 5.79. The number of benzene rings is 1. The van der Waals surface area contributed by atoms with Crippen LogP contribution in [0, 0.1) is 6.92 Å². The first kappa shape index (κ1) is 18.5. The van der Waals surface area contributed by atoms with Gasteiger partial charge in [0.15, 0.2) is 0 Å². The first-order chi connectivity index (χ1) is 11.2. The highest BCUT2D eigenvalue weighted by molar-refractivity contribution is 5.85. The highest BCUT2D eigenvalue weighted by atomic mass is 35.5. The van der Waals surface area contributed by atoms with Gasteiger partial charge in [-0.1, -0.05) is 6.42 Å². The van der Waals surface area contributed by atoms with Gasteiger partial charge in [-0.15, -0.1) is 12.4 Å². The molecule has 2 heterocycles. The Bertz CT molecular complexity index is 643. The number of halogens is 1. The lowest BCUT2D eigenvalue weighted by Gasteiger charge is -2.26. The molecule has 5 nitrogen and oxygen atoms in total. The molecule has 1 aliphatic rings. The zero-order chi connectivity index (χ0) is 16.1. The first-order valence-electron chi connectivity index (χ1n) is 8.21. The van der Waals surface area contributed by atoms with E-state index in [1.54, 1.807) is 12.1 Å². The van der Waals surface area contributed by atoms with Crippen LogP contribution in [-0.2, 0) is 0 Å². The molecule has 1 aliphatic heterocycles. The fraction of sp³-hybridized carbons (Fsp3) is 0.444. The standard InChI is InChI=1S/C18H23N3O2.ClH/c1-14-19-17(15-5-7-16(22)8-6-15)13-18(20-14)23-12-11-21-9-3-2-4-10-21;/h5-8,13,22H,2-4,9-12H2,1H3;1H. The molecular formula is C18H24ClN3O2. The van der Waals surface area contributed by atoms with Crippen LogP contribution in [0.4, 0.5) is 0 Å². The molecule has 0 aliphatic carbocycles. The summed E-state index contributed by atoms with van der Waals surface area (Å²) in [4.78, 5) is 11.2. The summed E-state index contributed by atoms with van der Waals surface area (Å²) in [5.74, 6) is 1.54. The van der Waals surface area contributed by atoms with Gasteiger partial charge in [-0.3, -0.25) is 4.90 Å². The molecule has 1 saturated heterocycles. The lowest BCUT2D eigenvalue weighted by molar-refractivity contribution is 0.180. The second-order valence-corrected chi connectivity index (χ2v) is 5.94. The van der Waals surface area contributed by atoms with Gasteiger partial charge in [-0.25, -0.2) is 4.98 Å². The summed E-state index contributed by atoms with van der Waals surface area (Å²) in [6.07, 6.45) is 3.92. The van der Waals surface area contributed by atoms with E-state index in [1.165, 1.54) is 32.4 Å². The Kier molecular flexibility index (Phi) is 6.82. The van der Waals surface area contributed by atoms with Gasteiger partial charge in [0.05, 0.1) is 5.69 Å². The van der Waals surface area contributed by atoms with Gasteiger partial charge in [-0.2, -0.15) is 4.98 Å². The lowest BCUT2D eigenvalue weighted by atomic mass is 10.1. The van der Waals surface area contributed by atoms with E-state index < -0.39 is 0 Å². The number of hydrogen-bond donors (Lipinski definition) is 1. The number of aryl methyl sites for hydroxylation is 1. The first-order valence-corrected chi connectivity index (χ1v) is 8.21. The molecule has 1 fully saturated rings. The fourth-order valence-corrected chi connectivity index (χ4v) is 2.86. The van der Waals surface area contributed by atoms with Crippen LogP contribution in [0.2, 0.25) is 0 Å². The normalized spacial score (nSPS) is 14.9. The number of likely N-dealkylation sites (tertiary alicyclic amines) is 1. The molecule has 0 radical (unpaired) electrons. The van der Waals surface area contributed by atoms with Crippen molar-refractivity contribution in [2.24, 2.45) is 0 Å². The van der Waals surface area contributed by atoms with Crippen molar-refractivity contribution in [3.63, 3.8) is 0 Å². The molecule has 24 heavy (non-hydrogen) atoms. The number of aromatic nitrogens is 2. The van der Waals surface area contributed by atoms with Crippen molar-refractivity contribution >= 4 is 12.4 Å². The number of rotatable bonds is 5. The van der Waals surface area contributed by atoms with Crippen LogP contribution >= 0.6 is 12.4 Å². The number of phenolic OH excluding ortho intramolecular Hbond substituents is 1. The number of ether oxygens (including phenoxy) is 1. The van der Waals surface area contributed by atoms with Crippen LogP contribution < -0.4 is 4.74 Å². The maximum Gasteiger partial charge on any atom is 0.217 e. The number of nitrogens with zero attached hydrogens (tertiary/aromatic N) is 3. The molecule has 0 amide bonds. The van der Waals surface area contributed by atoms with Crippen molar-refractivity contribution in [2.75, 3.05) is 26.2 Å². The van der Waals surface area contributed by atoms with E-state index in [0.29, 0.717) is 18.3 Å². The fourth-order valence-electron chi connectivity index (χ4n) is 2.86. The molecular weight excluding hydrogens is 326 g/mol. The summed E-state index contributed by atoms with van der Waals surface area (Å²) < 4.78 is 5.83. The van der Waals surface area contributed by atoms with Crippen LogP contribution in [0.15, 0.2) is 30.3 Å². The minimum atomic E-state index is 0. The summed E-state index contributed by atoms with van der Waals surface area (Å²) in [6, 6.07) is 8.85. The Balaban J connectivity index is 0.00000208. The van der Waals surface area contributed by atoms with Gasteiger partial charge in [-0.05, 0) is 57.1 Å². The second kappa shape index (κ2) is 8.85. The Morgan fingerprint density at radius 1 is 1.08 bits per heavy atom. The van der Waals surface area contributed by atoms with Gasteiger partial charge < -0.3 is 9.84 Å². The molecule has 0 atom stereocenters. The summed E-state index contributed by atoms with van der Waals surface area (Å²) in [7, 11) is 0. The van der Waals surface area contributed by atoms with E-state index in [1.807, 2.05) is 25.1 Å². The van der Waals surface area contributed by atoms with Crippen LogP contribution in [0.25, 0.3) is 11.3 Å². The second-order valence-electron chi connectivity index (χ2n) is 5.94. The average Bonchev–Trinajstić information content (AvgIpc) is 2.56. The molecule has 0 bridgehead atoms. The van der Waals surface area contributed by atoms with E-state index in [4.69, 9.17) is 4.74 Å². The maximum atomic E-state index is 9.39. The topological polar surface area (TPSA) is 58.5 Å². The van der Waals surface area contributed by atoms with E-state index in [-0.39, 0.29) is 18.2 Å². The molecule has 130 valence electrons. The van der Waals surface area contributed by atoms with Crippen LogP contribution in [0.1, 0.15) is 25.1 Å². The third kappa shape index (κ3) is 5.08. The van der Waals surface area contributed by atoms with E-state index in [2.05, 4.69) is 14.9 Å². The van der Waals surface area contributed by atoms with Crippen molar-refractivity contribution < 1.29 is 9.84 Å². The van der Waals surface area contributed by atoms with Crippen molar-refractivity contribution in [3.8, 4) is 22.9 Å². The van der Waals surface area contributed by atoms with E-state index >= 15 is 0 Å². The van der Waals surface area contributed by atoms with E-state index in [9.17, 15) is 5.11 Å².